The number of rotatable bonds is 6. The number of hydrogen-bond donors (Lipinski definition) is 3. The predicted octanol–water partition coefficient (Wildman–Crippen LogP) is 3.12. The largest absolute Gasteiger partial charge is 0.478 e. The van der Waals surface area contributed by atoms with Gasteiger partial charge in [-0.1, -0.05) is 6.07 Å². The Morgan fingerprint density at radius 3 is 2.45 bits per heavy atom. The third-order valence-electron chi connectivity index (χ3n) is 4.34. The first-order chi connectivity index (χ1) is 15.0. The minimum absolute atomic E-state index is 0.0372. The van der Waals surface area contributed by atoms with Gasteiger partial charge in [0.15, 0.2) is 17.3 Å². The molecular weight excluding hydrogens is 404 g/mol. The number of ether oxygens (including phenoxy) is 2. The highest BCUT2D eigenvalue weighted by Gasteiger charge is 2.18. The fraction of sp³-hybridized carbons (Fsp3) is 0.0455. The van der Waals surface area contributed by atoms with Crippen LogP contribution >= 0.6 is 0 Å². The fourth-order valence-electron chi connectivity index (χ4n) is 2.81. The quantitative estimate of drug-likeness (QED) is 0.523. The molecule has 0 unspecified atom stereocenters. The third-order valence-corrected chi connectivity index (χ3v) is 4.34. The van der Waals surface area contributed by atoms with Crippen LogP contribution in [0.15, 0.2) is 71.0 Å². The maximum Gasteiger partial charge on any atom is 0.335 e. The summed E-state index contributed by atoms with van der Waals surface area (Å²) in [7, 11) is 0. The van der Waals surface area contributed by atoms with Crippen LogP contribution in [0.4, 0.5) is 5.69 Å². The van der Waals surface area contributed by atoms with Gasteiger partial charge in [-0.3, -0.25) is 9.59 Å². The maximum absolute atomic E-state index is 12.9. The lowest BCUT2D eigenvalue weighted by molar-refractivity contribution is -0.113. The van der Waals surface area contributed by atoms with Crippen LogP contribution in [0.2, 0.25) is 0 Å². The number of carboxylic acid groups (broad SMARTS) is 1. The fourth-order valence-corrected chi connectivity index (χ4v) is 2.81. The summed E-state index contributed by atoms with van der Waals surface area (Å²) in [6.45, 7) is 0.109. The van der Waals surface area contributed by atoms with E-state index in [1.807, 2.05) is 0 Å². The van der Waals surface area contributed by atoms with E-state index in [9.17, 15) is 14.4 Å². The zero-order chi connectivity index (χ0) is 21.8. The number of aromatic carboxylic acids is 1. The van der Waals surface area contributed by atoms with E-state index in [0.717, 1.165) is 0 Å². The molecule has 0 saturated carbocycles. The van der Waals surface area contributed by atoms with E-state index >= 15 is 0 Å². The molecule has 0 radical (unpaired) electrons. The highest BCUT2D eigenvalue weighted by atomic mass is 16.7. The van der Waals surface area contributed by atoms with Crippen molar-refractivity contribution in [3.8, 4) is 11.5 Å². The average molecular weight is 420 g/mol. The number of carbonyl (C=O) groups excluding carboxylic acids is 2. The molecule has 9 nitrogen and oxygen atoms in total. The lowest BCUT2D eigenvalue weighted by Gasteiger charge is -2.11. The molecule has 31 heavy (non-hydrogen) atoms. The molecule has 1 aliphatic heterocycles. The molecule has 1 aromatic heterocycles. The van der Waals surface area contributed by atoms with Crippen molar-refractivity contribution in [1.29, 1.82) is 0 Å². The van der Waals surface area contributed by atoms with Crippen molar-refractivity contribution >= 4 is 29.5 Å². The smallest absolute Gasteiger partial charge is 0.335 e. The second-order valence-corrected chi connectivity index (χ2v) is 6.44. The van der Waals surface area contributed by atoms with Crippen LogP contribution in [0, 0.1) is 0 Å². The number of amides is 2. The molecule has 1 aliphatic rings. The van der Waals surface area contributed by atoms with Crippen molar-refractivity contribution in [3.05, 3.63) is 83.4 Å². The Morgan fingerprint density at radius 2 is 1.74 bits per heavy atom. The number of benzene rings is 2. The van der Waals surface area contributed by atoms with Gasteiger partial charge in [-0.2, -0.15) is 0 Å². The van der Waals surface area contributed by atoms with Gasteiger partial charge in [0.25, 0.3) is 11.8 Å². The van der Waals surface area contributed by atoms with Crippen molar-refractivity contribution in [2.24, 2.45) is 0 Å². The number of anilines is 1. The van der Waals surface area contributed by atoms with E-state index in [1.54, 1.807) is 24.3 Å². The number of carbonyl (C=O) groups is 3. The normalized spacial score (nSPS) is 12.3. The minimum atomic E-state index is -1.08. The molecule has 0 bridgehead atoms. The second-order valence-electron chi connectivity index (χ2n) is 6.44. The number of hydrogen-bond acceptors (Lipinski definition) is 6. The monoisotopic (exact) mass is 420 g/mol. The zero-order valence-electron chi connectivity index (χ0n) is 16.0. The summed E-state index contributed by atoms with van der Waals surface area (Å²) in [4.78, 5) is 36.3. The van der Waals surface area contributed by atoms with Crippen LogP contribution in [-0.4, -0.2) is 29.7 Å². The van der Waals surface area contributed by atoms with Gasteiger partial charge < -0.3 is 29.6 Å². The van der Waals surface area contributed by atoms with Crippen molar-refractivity contribution < 1.29 is 33.4 Å². The first-order valence-corrected chi connectivity index (χ1v) is 9.10. The first-order valence-electron chi connectivity index (χ1n) is 9.10. The highest BCUT2D eigenvalue weighted by Crippen LogP contribution is 2.33. The summed E-state index contributed by atoms with van der Waals surface area (Å²) in [5.41, 5.74) is 0.983. The molecule has 0 saturated heterocycles. The molecule has 9 heteroatoms. The summed E-state index contributed by atoms with van der Waals surface area (Å²) in [5.74, 6) is -1.15. The SMILES string of the molecule is O=C(Nc1ccc(C(=O)O)cc1)C(=Cc1ccc2c(c1)OCO2)NC(=O)c1ccco1. The predicted molar refractivity (Wildman–Crippen MR) is 109 cm³/mol. The number of carboxylic acids is 1. The van der Waals surface area contributed by atoms with E-state index in [4.69, 9.17) is 19.0 Å². The Balaban J connectivity index is 1.60. The van der Waals surface area contributed by atoms with Gasteiger partial charge in [-0.25, -0.2) is 4.79 Å². The van der Waals surface area contributed by atoms with Crippen molar-refractivity contribution in [1.82, 2.24) is 5.32 Å². The molecule has 2 amide bonds. The third kappa shape index (κ3) is 4.56. The highest BCUT2D eigenvalue weighted by molar-refractivity contribution is 6.10. The number of furan rings is 1. The maximum atomic E-state index is 12.9. The van der Waals surface area contributed by atoms with Crippen LogP contribution in [0.1, 0.15) is 26.5 Å². The van der Waals surface area contributed by atoms with Gasteiger partial charge in [0, 0.05) is 5.69 Å². The van der Waals surface area contributed by atoms with Gasteiger partial charge in [-0.05, 0) is 60.2 Å². The molecule has 0 atom stereocenters. The summed E-state index contributed by atoms with van der Waals surface area (Å²) in [6.07, 6.45) is 2.82. The molecule has 4 rings (SSSR count). The van der Waals surface area contributed by atoms with E-state index in [2.05, 4.69) is 10.6 Å². The zero-order valence-corrected chi connectivity index (χ0v) is 16.0. The molecule has 0 aliphatic carbocycles. The molecule has 2 aromatic carbocycles. The number of nitrogens with one attached hydrogen (secondary N) is 2. The van der Waals surface area contributed by atoms with Crippen molar-refractivity contribution in [2.75, 3.05) is 12.1 Å². The first kappa shape index (κ1) is 19.8. The van der Waals surface area contributed by atoms with Crippen LogP contribution in [0.25, 0.3) is 6.08 Å². The molecule has 156 valence electrons. The van der Waals surface area contributed by atoms with Crippen LogP contribution in [0.5, 0.6) is 11.5 Å². The summed E-state index contributed by atoms with van der Waals surface area (Å²) >= 11 is 0. The Morgan fingerprint density at radius 1 is 0.968 bits per heavy atom. The molecule has 2 heterocycles. The van der Waals surface area contributed by atoms with Crippen LogP contribution in [-0.2, 0) is 4.79 Å². The Hall–Kier alpha value is -4.53. The number of fused-ring (bicyclic) bond motifs is 1. The minimum Gasteiger partial charge on any atom is -0.478 e. The van der Waals surface area contributed by atoms with Gasteiger partial charge in [0.1, 0.15) is 5.70 Å². The van der Waals surface area contributed by atoms with Gasteiger partial charge in [0.2, 0.25) is 6.79 Å². The second kappa shape index (κ2) is 8.46. The molecule has 3 aromatic rings. The summed E-state index contributed by atoms with van der Waals surface area (Å²) in [6, 6.07) is 13.7. The van der Waals surface area contributed by atoms with Crippen molar-refractivity contribution in [3.63, 3.8) is 0 Å². The van der Waals surface area contributed by atoms with E-state index < -0.39 is 17.8 Å². The molecule has 3 N–H and O–H groups in total. The lowest BCUT2D eigenvalue weighted by atomic mass is 10.1. The van der Waals surface area contributed by atoms with Gasteiger partial charge in [0.05, 0.1) is 11.8 Å². The van der Waals surface area contributed by atoms with Gasteiger partial charge in [-0.15, -0.1) is 0 Å². The van der Waals surface area contributed by atoms with E-state index in [0.29, 0.717) is 22.7 Å². The summed E-state index contributed by atoms with van der Waals surface area (Å²) in [5, 5.41) is 14.2. The molecule has 0 fully saturated rings. The standard InChI is InChI=1S/C22H16N2O7/c25-20(23-15-6-4-14(5-7-15)22(27)28)16(24-21(26)18-2-1-9-29-18)10-13-3-8-17-19(11-13)31-12-30-17/h1-11H,12H2,(H,23,25)(H,24,26)(H,27,28). The Kier molecular flexibility index (Phi) is 5.39. The van der Waals surface area contributed by atoms with Gasteiger partial charge >= 0.3 is 5.97 Å². The van der Waals surface area contributed by atoms with E-state index in [-0.39, 0.29) is 23.8 Å². The Bertz CT molecular complexity index is 1170. The van der Waals surface area contributed by atoms with Crippen LogP contribution < -0.4 is 20.1 Å². The van der Waals surface area contributed by atoms with Crippen LogP contribution in [0.3, 0.4) is 0 Å². The topological polar surface area (TPSA) is 127 Å². The lowest BCUT2D eigenvalue weighted by Crippen LogP contribution is -2.30. The molecule has 0 spiro atoms. The summed E-state index contributed by atoms with van der Waals surface area (Å²) < 4.78 is 15.7. The van der Waals surface area contributed by atoms with E-state index in [1.165, 1.54) is 42.7 Å². The van der Waals surface area contributed by atoms with Crippen molar-refractivity contribution in [2.45, 2.75) is 0 Å². The Labute approximate surface area is 175 Å². The molecular formula is C22H16N2O7. The average Bonchev–Trinajstić information content (AvgIpc) is 3.45.